The Morgan fingerprint density at radius 1 is 1.25 bits per heavy atom. The number of nitrogens with two attached hydrogens (primary N) is 1. The average Bonchev–Trinajstić information content (AvgIpc) is 2.46. The molecule has 0 bridgehead atoms. The summed E-state index contributed by atoms with van der Waals surface area (Å²) in [6, 6.07) is 8.58. The number of benzene rings is 1. The first-order chi connectivity index (χ1) is 9.61. The molecule has 106 valence electrons. The van der Waals surface area contributed by atoms with Crippen LogP contribution in [-0.2, 0) is 6.54 Å². The van der Waals surface area contributed by atoms with Crippen LogP contribution in [-0.4, -0.2) is 11.5 Å². The van der Waals surface area contributed by atoms with E-state index in [1.54, 1.807) is 18.5 Å². The Morgan fingerprint density at radius 3 is 2.55 bits per heavy atom. The Labute approximate surface area is 119 Å². The molecule has 1 heterocycles. The fourth-order valence-corrected chi connectivity index (χ4v) is 2.25. The van der Waals surface area contributed by atoms with Crippen molar-refractivity contribution in [1.29, 1.82) is 0 Å². The van der Waals surface area contributed by atoms with Crippen LogP contribution in [0.5, 0.6) is 0 Å². The van der Waals surface area contributed by atoms with E-state index in [1.165, 1.54) is 17.7 Å². The van der Waals surface area contributed by atoms with E-state index in [-0.39, 0.29) is 11.9 Å². The molecule has 0 fully saturated rings. The van der Waals surface area contributed by atoms with Gasteiger partial charge >= 0.3 is 0 Å². The van der Waals surface area contributed by atoms with Gasteiger partial charge in [0.05, 0.1) is 0 Å². The van der Waals surface area contributed by atoms with Crippen LogP contribution < -0.4 is 10.6 Å². The number of halogens is 1. The molecule has 4 heteroatoms. The number of rotatable bonds is 5. The maximum atomic E-state index is 13.4. The SMILES string of the molecule is CCN(Cc1ccncc1)c1ccc(F)cc1C(C)N. The van der Waals surface area contributed by atoms with E-state index in [1.807, 2.05) is 19.1 Å². The summed E-state index contributed by atoms with van der Waals surface area (Å²) in [6.45, 7) is 5.53. The first-order valence-corrected chi connectivity index (χ1v) is 6.80. The van der Waals surface area contributed by atoms with Gasteiger partial charge in [0, 0.05) is 37.2 Å². The molecule has 20 heavy (non-hydrogen) atoms. The van der Waals surface area contributed by atoms with Gasteiger partial charge in [0.25, 0.3) is 0 Å². The van der Waals surface area contributed by atoms with Crippen LogP contribution in [0.1, 0.15) is 31.0 Å². The summed E-state index contributed by atoms with van der Waals surface area (Å²) in [5.74, 6) is -0.249. The molecule has 2 N–H and O–H groups in total. The van der Waals surface area contributed by atoms with Gasteiger partial charge in [0.2, 0.25) is 0 Å². The molecule has 2 rings (SSSR count). The third-order valence-electron chi connectivity index (χ3n) is 3.33. The summed E-state index contributed by atoms with van der Waals surface area (Å²) in [5.41, 5.74) is 8.96. The molecular weight excluding hydrogens is 253 g/mol. The van der Waals surface area contributed by atoms with Crippen molar-refractivity contribution in [3.05, 3.63) is 59.7 Å². The first kappa shape index (κ1) is 14.5. The fourth-order valence-electron chi connectivity index (χ4n) is 2.25. The van der Waals surface area contributed by atoms with Gasteiger partial charge in [-0.25, -0.2) is 4.39 Å². The third-order valence-corrected chi connectivity index (χ3v) is 3.33. The van der Waals surface area contributed by atoms with Gasteiger partial charge in [0.1, 0.15) is 5.82 Å². The predicted molar refractivity (Wildman–Crippen MR) is 80.0 cm³/mol. The Hall–Kier alpha value is -1.94. The summed E-state index contributed by atoms with van der Waals surface area (Å²) in [7, 11) is 0. The van der Waals surface area contributed by atoms with Gasteiger partial charge in [-0.15, -0.1) is 0 Å². The molecule has 0 spiro atoms. The molecule has 0 aliphatic rings. The summed E-state index contributed by atoms with van der Waals surface area (Å²) in [6.07, 6.45) is 3.56. The minimum Gasteiger partial charge on any atom is -0.367 e. The van der Waals surface area contributed by atoms with Gasteiger partial charge in [-0.1, -0.05) is 0 Å². The van der Waals surface area contributed by atoms with E-state index < -0.39 is 0 Å². The summed E-state index contributed by atoms with van der Waals surface area (Å²) >= 11 is 0. The zero-order valence-electron chi connectivity index (χ0n) is 11.9. The fraction of sp³-hybridized carbons (Fsp3) is 0.312. The maximum Gasteiger partial charge on any atom is 0.123 e. The van der Waals surface area contributed by atoms with Crippen LogP contribution in [0, 0.1) is 5.82 Å². The predicted octanol–water partition coefficient (Wildman–Crippen LogP) is 3.27. The monoisotopic (exact) mass is 273 g/mol. The Morgan fingerprint density at radius 2 is 1.95 bits per heavy atom. The number of aromatic nitrogens is 1. The minimum atomic E-state index is -0.249. The highest BCUT2D eigenvalue weighted by atomic mass is 19.1. The first-order valence-electron chi connectivity index (χ1n) is 6.80. The van der Waals surface area contributed by atoms with E-state index in [0.29, 0.717) is 0 Å². The number of hydrogen-bond acceptors (Lipinski definition) is 3. The van der Waals surface area contributed by atoms with Gasteiger partial charge in [-0.3, -0.25) is 4.98 Å². The van der Waals surface area contributed by atoms with E-state index in [4.69, 9.17) is 5.73 Å². The van der Waals surface area contributed by atoms with Crippen molar-refractivity contribution in [1.82, 2.24) is 4.98 Å². The van der Waals surface area contributed by atoms with Crippen LogP contribution in [0.3, 0.4) is 0 Å². The molecular formula is C16H20FN3. The smallest absolute Gasteiger partial charge is 0.123 e. The van der Waals surface area contributed by atoms with E-state index in [9.17, 15) is 4.39 Å². The highest BCUT2D eigenvalue weighted by Crippen LogP contribution is 2.27. The average molecular weight is 273 g/mol. The molecule has 0 aliphatic heterocycles. The van der Waals surface area contributed by atoms with Gasteiger partial charge in [-0.2, -0.15) is 0 Å². The summed E-state index contributed by atoms with van der Waals surface area (Å²) < 4.78 is 13.4. The Balaban J connectivity index is 2.32. The third kappa shape index (κ3) is 3.33. The largest absolute Gasteiger partial charge is 0.367 e. The summed E-state index contributed by atoms with van der Waals surface area (Å²) in [4.78, 5) is 6.21. The van der Waals surface area contributed by atoms with Crippen LogP contribution in [0.4, 0.5) is 10.1 Å². The van der Waals surface area contributed by atoms with Crippen molar-refractivity contribution >= 4 is 5.69 Å². The zero-order chi connectivity index (χ0) is 14.5. The second-order valence-corrected chi connectivity index (χ2v) is 4.86. The van der Waals surface area contributed by atoms with Crippen molar-refractivity contribution in [2.24, 2.45) is 5.73 Å². The Kier molecular flexibility index (Phi) is 4.69. The molecule has 0 saturated heterocycles. The van der Waals surface area contributed by atoms with Crippen LogP contribution in [0.15, 0.2) is 42.7 Å². The van der Waals surface area contributed by atoms with Crippen molar-refractivity contribution in [3.8, 4) is 0 Å². The lowest BCUT2D eigenvalue weighted by atomic mass is 10.0. The molecule has 0 saturated carbocycles. The highest BCUT2D eigenvalue weighted by molar-refractivity contribution is 5.55. The number of pyridine rings is 1. The van der Waals surface area contributed by atoms with Gasteiger partial charge in [-0.05, 0) is 55.3 Å². The Bertz CT molecular complexity index is 555. The van der Waals surface area contributed by atoms with Crippen molar-refractivity contribution in [2.45, 2.75) is 26.4 Å². The molecule has 1 unspecified atom stereocenters. The van der Waals surface area contributed by atoms with Gasteiger partial charge < -0.3 is 10.6 Å². The second-order valence-electron chi connectivity index (χ2n) is 4.86. The lowest BCUT2D eigenvalue weighted by Crippen LogP contribution is -2.24. The van der Waals surface area contributed by atoms with E-state index in [2.05, 4.69) is 16.8 Å². The number of nitrogens with zero attached hydrogens (tertiary/aromatic N) is 2. The molecule has 1 aromatic carbocycles. The molecule has 1 aromatic heterocycles. The second kappa shape index (κ2) is 6.48. The normalized spacial score (nSPS) is 12.2. The standard InChI is InChI=1S/C16H20FN3/c1-3-20(11-13-6-8-19-9-7-13)16-5-4-14(17)10-15(16)12(2)18/h4-10,12H,3,11,18H2,1-2H3. The maximum absolute atomic E-state index is 13.4. The zero-order valence-corrected chi connectivity index (χ0v) is 11.9. The van der Waals surface area contributed by atoms with Crippen molar-refractivity contribution in [2.75, 3.05) is 11.4 Å². The molecule has 0 radical (unpaired) electrons. The lowest BCUT2D eigenvalue weighted by molar-refractivity contribution is 0.621. The van der Waals surface area contributed by atoms with Crippen LogP contribution in [0.25, 0.3) is 0 Å². The molecule has 3 nitrogen and oxygen atoms in total. The number of hydrogen-bond donors (Lipinski definition) is 1. The summed E-state index contributed by atoms with van der Waals surface area (Å²) in [5, 5.41) is 0. The topological polar surface area (TPSA) is 42.2 Å². The minimum absolute atomic E-state index is 0.202. The van der Waals surface area contributed by atoms with Crippen LogP contribution >= 0.6 is 0 Å². The number of anilines is 1. The molecule has 0 aliphatic carbocycles. The van der Waals surface area contributed by atoms with Crippen molar-refractivity contribution < 1.29 is 4.39 Å². The van der Waals surface area contributed by atoms with Crippen LogP contribution in [0.2, 0.25) is 0 Å². The lowest BCUT2D eigenvalue weighted by Gasteiger charge is -2.27. The molecule has 0 amide bonds. The quantitative estimate of drug-likeness (QED) is 0.909. The van der Waals surface area contributed by atoms with Gasteiger partial charge in [0.15, 0.2) is 0 Å². The highest BCUT2D eigenvalue weighted by Gasteiger charge is 2.14. The van der Waals surface area contributed by atoms with E-state index in [0.717, 1.165) is 24.3 Å². The van der Waals surface area contributed by atoms with E-state index >= 15 is 0 Å². The molecule has 2 aromatic rings. The van der Waals surface area contributed by atoms with Crippen molar-refractivity contribution in [3.63, 3.8) is 0 Å². The molecule has 1 atom stereocenters.